The minimum Gasteiger partial charge on any atom is -0.554 e. The Morgan fingerprint density at radius 3 is 0.889 bits per heavy atom. The molecule has 0 aromatic heterocycles. The third-order valence-corrected chi connectivity index (χ3v) is 0. The van der Waals surface area contributed by atoms with Crippen LogP contribution in [0.3, 0.4) is 0 Å². The van der Waals surface area contributed by atoms with Gasteiger partial charge in [0.05, 0.1) is 0 Å². The fourth-order valence-corrected chi connectivity index (χ4v) is 0. The second-order valence-electron chi connectivity index (χ2n) is 0.192. The van der Waals surface area contributed by atoms with Crippen LogP contribution in [0.15, 0.2) is 0 Å². The molecule has 0 spiro atoms. The average molecular weight is 150 g/mol. The zero-order valence-electron chi connectivity index (χ0n) is 4.49. The molecule has 0 amide bonds. The Morgan fingerprint density at radius 1 is 0.889 bits per heavy atom. The molecule has 4 N–H and O–H groups in total. The van der Waals surface area contributed by atoms with E-state index in [2.05, 4.69) is 0 Å². The summed E-state index contributed by atoms with van der Waals surface area (Å²) < 4.78 is 0. The first-order chi connectivity index (χ1) is 2.83. The number of hydrogen-bond acceptors (Lipinski definition) is 4. The van der Waals surface area contributed by atoms with Crippen molar-refractivity contribution in [2.24, 2.45) is 0 Å². The minimum atomic E-state index is -0.500. The molecule has 0 aliphatic rings. The maximum absolute atomic E-state index is 8.25. The quantitative estimate of drug-likeness (QED) is 0.251. The van der Waals surface area contributed by atoms with Gasteiger partial charge in [-0.15, -0.1) is 0 Å². The van der Waals surface area contributed by atoms with Gasteiger partial charge in [0, 0.05) is 12.9 Å². The molecular weight excluding hydrogens is 144 g/mol. The smallest absolute Gasteiger partial charge is 0.554 e. The first-order valence-electron chi connectivity index (χ1n) is 0.943. The zero-order valence-corrected chi connectivity index (χ0v) is 5.91. The number of rotatable bonds is 0. The molecule has 6 nitrogen and oxygen atoms in total. The van der Waals surface area contributed by atoms with E-state index in [-0.39, 0.29) is 34.0 Å². The zero-order chi connectivity index (χ0) is 5.41. The molecule has 0 saturated carbocycles. The van der Waals surface area contributed by atoms with Crippen molar-refractivity contribution in [1.29, 1.82) is 0 Å². The van der Waals surface area contributed by atoms with Gasteiger partial charge >= 0.3 is 23.1 Å². The van der Waals surface area contributed by atoms with Crippen LogP contribution in [0.5, 0.6) is 0 Å². The number of carbonyl (C=O) groups excluding carboxylic acids is 2. The molecular formula is C2H6MgO6. The number of carbonyl (C=O) groups is 2. The van der Waals surface area contributed by atoms with Crippen molar-refractivity contribution in [2.75, 3.05) is 0 Å². The van der Waals surface area contributed by atoms with E-state index in [0.29, 0.717) is 0 Å². The average Bonchev–Trinajstić information content (AvgIpc) is 1.39. The van der Waals surface area contributed by atoms with Crippen molar-refractivity contribution in [1.82, 2.24) is 0 Å². The van der Waals surface area contributed by atoms with Crippen LogP contribution in [0.4, 0.5) is 0 Å². The maximum atomic E-state index is 8.25. The van der Waals surface area contributed by atoms with Crippen molar-refractivity contribution in [3.63, 3.8) is 0 Å². The first kappa shape index (κ1) is 38.2. The second kappa shape index (κ2) is 127. The molecule has 0 saturated heterocycles. The van der Waals surface area contributed by atoms with Gasteiger partial charge in [0.2, 0.25) is 0 Å². The topological polar surface area (TPSA) is 143 Å². The van der Waals surface area contributed by atoms with Gasteiger partial charge in [0.1, 0.15) is 0 Å². The monoisotopic (exact) mass is 150 g/mol. The van der Waals surface area contributed by atoms with Gasteiger partial charge in [-0.3, -0.25) is 0 Å². The molecule has 0 atom stereocenters. The number of hydrogen-bond donors (Lipinski definition) is 0. The van der Waals surface area contributed by atoms with E-state index in [4.69, 9.17) is 19.8 Å². The van der Waals surface area contributed by atoms with Crippen LogP contribution in [0.1, 0.15) is 0 Å². The van der Waals surface area contributed by atoms with Crippen LogP contribution in [-0.4, -0.2) is 46.9 Å². The van der Waals surface area contributed by atoms with E-state index < -0.39 is 12.9 Å². The van der Waals surface area contributed by atoms with Gasteiger partial charge in [0.15, 0.2) is 0 Å². The van der Waals surface area contributed by atoms with E-state index in [9.17, 15) is 0 Å². The van der Waals surface area contributed by atoms with E-state index in [1.165, 1.54) is 0 Å². The summed E-state index contributed by atoms with van der Waals surface area (Å²) in [7, 11) is 0. The maximum Gasteiger partial charge on any atom is 2.00 e. The van der Waals surface area contributed by atoms with E-state index in [0.717, 1.165) is 0 Å². The molecule has 0 unspecified atom stereocenters. The Morgan fingerprint density at radius 2 is 0.889 bits per heavy atom. The van der Waals surface area contributed by atoms with Crippen LogP contribution in [-0.2, 0) is 9.59 Å². The fraction of sp³-hybridized carbons (Fsp3) is 0. The molecule has 9 heavy (non-hydrogen) atoms. The van der Waals surface area contributed by atoms with E-state index in [1.54, 1.807) is 0 Å². The summed E-state index contributed by atoms with van der Waals surface area (Å²) in [6, 6.07) is 0. The standard InChI is InChI=1S/2CH2O2.Mg.2H2O/c2*2-1-3;;;/h2*1H,(H,2,3);;2*1H2/q;;+2;;/p-2. The van der Waals surface area contributed by atoms with Gasteiger partial charge < -0.3 is 30.8 Å². The van der Waals surface area contributed by atoms with Crippen LogP contribution in [0.2, 0.25) is 0 Å². The minimum absolute atomic E-state index is 0. The summed E-state index contributed by atoms with van der Waals surface area (Å²) in [4.78, 5) is 16.5. The molecule has 52 valence electrons. The summed E-state index contributed by atoms with van der Waals surface area (Å²) in [5.41, 5.74) is 0. The molecule has 0 bridgehead atoms. The summed E-state index contributed by atoms with van der Waals surface area (Å²) in [5, 5.41) is 16.5. The molecule has 0 aromatic carbocycles. The molecule has 0 radical (unpaired) electrons. The van der Waals surface area contributed by atoms with Crippen molar-refractivity contribution >= 4 is 36.0 Å². The van der Waals surface area contributed by atoms with E-state index in [1.807, 2.05) is 0 Å². The summed E-state index contributed by atoms with van der Waals surface area (Å²) in [6.45, 7) is -1.00. The predicted molar refractivity (Wildman–Crippen MR) is 25.1 cm³/mol. The molecule has 0 fully saturated rings. The Hall–Kier alpha value is -0.374. The van der Waals surface area contributed by atoms with Crippen molar-refractivity contribution in [3.8, 4) is 0 Å². The molecule has 7 heteroatoms. The third kappa shape index (κ3) is 1730. The van der Waals surface area contributed by atoms with Gasteiger partial charge in [-0.25, -0.2) is 0 Å². The summed E-state index contributed by atoms with van der Waals surface area (Å²) >= 11 is 0. The molecule has 0 aliphatic carbocycles. The first-order valence-corrected chi connectivity index (χ1v) is 0.943. The molecule has 0 aliphatic heterocycles. The summed E-state index contributed by atoms with van der Waals surface area (Å²) in [6.07, 6.45) is 0. The van der Waals surface area contributed by atoms with Crippen LogP contribution in [0, 0.1) is 0 Å². The van der Waals surface area contributed by atoms with Gasteiger partial charge in [-0.05, 0) is 0 Å². The predicted octanol–water partition coefficient (Wildman–Crippen LogP) is -5.30. The van der Waals surface area contributed by atoms with Gasteiger partial charge in [0.25, 0.3) is 0 Å². The van der Waals surface area contributed by atoms with Gasteiger partial charge in [-0.1, -0.05) is 0 Å². The Bertz CT molecular complexity index is 32.0. The third-order valence-electron chi connectivity index (χ3n) is 0. The van der Waals surface area contributed by atoms with Crippen LogP contribution >= 0.6 is 0 Å². The number of carboxylic acid groups (broad SMARTS) is 2. The molecule has 0 rings (SSSR count). The Balaban J connectivity index is -0.00000000889. The fourth-order valence-electron chi connectivity index (χ4n) is 0. The Kier molecular flexibility index (Phi) is 537. The molecule has 0 aromatic rings. The van der Waals surface area contributed by atoms with Crippen molar-refractivity contribution < 1.29 is 30.8 Å². The molecule has 0 heterocycles. The van der Waals surface area contributed by atoms with Crippen LogP contribution in [0.25, 0.3) is 0 Å². The SMILES string of the molecule is O.O.O=C[O-].O=C[O-].[Mg+2]. The normalized spacial score (nSPS) is 2.67. The van der Waals surface area contributed by atoms with Crippen LogP contribution < -0.4 is 10.2 Å². The Labute approximate surface area is 67.3 Å². The van der Waals surface area contributed by atoms with Crippen molar-refractivity contribution in [2.45, 2.75) is 0 Å². The summed E-state index contributed by atoms with van der Waals surface area (Å²) in [5.74, 6) is 0. The van der Waals surface area contributed by atoms with E-state index >= 15 is 0 Å². The van der Waals surface area contributed by atoms with Gasteiger partial charge in [-0.2, -0.15) is 0 Å². The van der Waals surface area contributed by atoms with Crippen molar-refractivity contribution in [3.05, 3.63) is 0 Å². The second-order valence-corrected chi connectivity index (χ2v) is 0.192. The largest absolute Gasteiger partial charge is 2.00 e.